The summed E-state index contributed by atoms with van der Waals surface area (Å²) in [5.41, 5.74) is 0. The van der Waals surface area contributed by atoms with E-state index in [-0.39, 0.29) is 5.88 Å². The first kappa shape index (κ1) is 8.40. The van der Waals surface area contributed by atoms with Gasteiger partial charge in [-0.25, -0.2) is 0 Å². The van der Waals surface area contributed by atoms with Gasteiger partial charge in [-0.05, 0) is 0 Å². The molecule has 0 saturated carbocycles. The van der Waals surface area contributed by atoms with Gasteiger partial charge in [0.05, 0.1) is 11.6 Å². The van der Waals surface area contributed by atoms with E-state index < -0.39 is 0 Å². The third-order valence-electron chi connectivity index (χ3n) is 1.44. The molecule has 0 radical (unpaired) electrons. The molecule has 0 atom stereocenters. The number of aliphatic hydroxyl groups excluding tert-OH is 1. The van der Waals surface area contributed by atoms with Gasteiger partial charge >= 0.3 is 0 Å². The fourth-order valence-corrected chi connectivity index (χ4v) is 0.892. The molecule has 0 spiro atoms. The Morgan fingerprint density at radius 1 is 1.64 bits per heavy atom. The maximum absolute atomic E-state index is 9.15. The lowest BCUT2D eigenvalue weighted by Crippen LogP contribution is -2.31. The molecule has 0 saturated heterocycles. The van der Waals surface area contributed by atoms with Crippen LogP contribution in [0.5, 0.6) is 0 Å². The molecule has 3 nitrogen and oxygen atoms in total. The quantitative estimate of drug-likeness (QED) is 0.635. The highest BCUT2D eigenvalue weighted by atomic mass is 35.5. The second-order valence-electron chi connectivity index (χ2n) is 2.73. The van der Waals surface area contributed by atoms with Crippen molar-refractivity contribution >= 4 is 17.4 Å². The second kappa shape index (κ2) is 3.13. The Balaban J connectivity index is 2.67. The summed E-state index contributed by atoms with van der Waals surface area (Å²) in [5, 5.41) is 12.2. The van der Waals surface area contributed by atoms with Crippen LogP contribution in [0.25, 0.3) is 0 Å². The van der Waals surface area contributed by atoms with Crippen LogP contribution in [0, 0.1) is 5.92 Å². The van der Waals surface area contributed by atoms with E-state index in [0.717, 1.165) is 5.84 Å². The standard InChI is InChI=1S/C7H11ClN2O/c1-4(2)6-9-3-5(8)7(11)10-6/h4,11H,3H2,1-2H3,(H,9,10). The number of nitrogens with one attached hydrogen (secondary N) is 1. The van der Waals surface area contributed by atoms with E-state index in [1.165, 1.54) is 0 Å². The predicted molar refractivity (Wildman–Crippen MR) is 45.8 cm³/mol. The number of hydrogen-bond donors (Lipinski definition) is 2. The molecule has 1 heterocycles. The van der Waals surface area contributed by atoms with Gasteiger partial charge in [0.2, 0.25) is 5.88 Å². The smallest absolute Gasteiger partial charge is 0.206 e. The molecular formula is C7H11ClN2O. The van der Waals surface area contributed by atoms with Gasteiger partial charge in [0.1, 0.15) is 5.84 Å². The van der Waals surface area contributed by atoms with Gasteiger partial charge < -0.3 is 10.4 Å². The Labute approximate surface area is 70.8 Å². The van der Waals surface area contributed by atoms with Crippen molar-refractivity contribution in [3.63, 3.8) is 0 Å². The van der Waals surface area contributed by atoms with Crippen molar-refractivity contribution in [1.82, 2.24) is 5.32 Å². The van der Waals surface area contributed by atoms with Crippen LogP contribution in [0.1, 0.15) is 13.8 Å². The van der Waals surface area contributed by atoms with Crippen molar-refractivity contribution in [1.29, 1.82) is 0 Å². The fraction of sp³-hybridized carbons (Fsp3) is 0.571. The Hall–Kier alpha value is -0.700. The molecule has 0 aromatic heterocycles. The van der Waals surface area contributed by atoms with E-state index in [1.54, 1.807) is 0 Å². The third-order valence-corrected chi connectivity index (χ3v) is 1.74. The van der Waals surface area contributed by atoms with Gasteiger partial charge in [-0.15, -0.1) is 0 Å². The predicted octanol–water partition coefficient (Wildman–Crippen LogP) is 1.61. The normalized spacial score (nSPS) is 18.4. The molecule has 0 bridgehead atoms. The molecule has 0 aromatic carbocycles. The lowest BCUT2D eigenvalue weighted by atomic mass is 10.2. The average molecular weight is 175 g/mol. The van der Waals surface area contributed by atoms with E-state index in [9.17, 15) is 0 Å². The first-order valence-electron chi connectivity index (χ1n) is 3.50. The maximum atomic E-state index is 9.15. The van der Waals surface area contributed by atoms with Crippen LogP contribution in [0.15, 0.2) is 15.9 Å². The van der Waals surface area contributed by atoms with Crippen molar-refractivity contribution in [2.75, 3.05) is 6.54 Å². The minimum absolute atomic E-state index is 0.0327. The Kier molecular flexibility index (Phi) is 2.39. The average Bonchev–Trinajstić information content (AvgIpc) is 1.94. The minimum Gasteiger partial charge on any atom is -0.494 e. The third kappa shape index (κ3) is 1.87. The summed E-state index contributed by atoms with van der Waals surface area (Å²) >= 11 is 5.60. The Bertz CT molecular complexity index is 220. The van der Waals surface area contributed by atoms with Gasteiger partial charge in [0, 0.05) is 5.92 Å². The maximum Gasteiger partial charge on any atom is 0.206 e. The summed E-state index contributed by atoms with van der Waals surface area (Å²) in [5.74, 6) is 1.11. The van der Waals surface area contributed by atoms with E-state index in [0.29, 0.717) is 17.5 Å². The highest BCUT2D eigenvalue weighted by Crippen LogP contribution is 2.11. The summed E-state index contributed by atoms with van der Waals surface area (Å²) in [6.07, 6.45) is 0. The molecule has 2 N–H and O–H groups in total. The summed E-state index contributed by atoms with van der Waals surface area (Å²) in [7, 11) is 0. The van der Waals surface area contributed by atoms with Crippen LogP contribution in [0.2, 0.25) is 0 Å². The molecule has 0 amide bonds. The van der Waals surface area contributed by atoms with Crippen LogP contribution in [0.3, 0.4) is 0 Å². The number of aliphatic imine (C=N–C) groups is 1. The summed E-state index contributed by atoms with van der Waals surface area (Å²) in [6.45, 7) is 4.38. The first-order chi connectivity index (χ1) is 5.11. The van der Waals surface area contributed by atoms with Crippen molar-refractivity contribution in [3.8, 4) is 0 Å². The molecule has 1 aliphatic heterocycles. The zero-order chi connectivity index (χ0) is 8.43. The van der Waals surface area contributed by atoms with E-state index in [1.807, 2.05) is 13.8 Å². The molecule has 0 unspecified atom stereocenters. The number of rotatable bonds is 1. The van der Waals surface area contributed by atoms with E-state index in [4.69, 9.17) is 16.7 Å². The number of aliphatic hydroxyl groups is 1. The zero-order valence-electron chi connectivity index (χ0n) is 6.56. The summed E-state index contributed by atoms with van der Waals surface area (Å²) in [6, 6.07) is 0. The lowest BCUT2D eigenvalue weighted by molar-refractivity contribution is 0.378. The number of nitrogens with zero attached hydrogens (tertiary/aromatic N) is 1. The van der Waals surface area contributed by atoms with Crippen molar-refractivity contribution in [2.45, 2.75) is 13.8 Å². The number of amidine groups is 1. The Morgan fingerprint density at radius 3 is 2.73 bits per heavy atom. The number of hydrogen-bond acceptors (Lipinski definition) is 3. The van der Waals surface area contributed by atoms with Gasteiger partial charge in [0.25, 0.3) is 0 Å². The molecule has 0 fully saturated rings. The largest absolute Gasteiger partial charge is 0.494 e. The molecule has 0 aliphatic carbocycles. The minimum atomic E-state index is 0.0327. The van der Waals surface area contributed by atoms with Gasteiger partial charge in [0.15, 0.2) is 0 Å². The van der Waals surface area contributed by atoms with Crippen LogP contribution >= 0.6 is 11.6 Å². The van der Waals surface area contributed by atoms with E-state index >= 15 is 0 Å². The second-order valence-corrected chi connectivity index (χ2v) is 3.19. The van der Waals surface area contributed by atoms with Crippen LogP contribution in [-0.2, 0) is 0 Å². The van der Waals surface area contributed by atoms with Crippen molar-refractivity contribution in [3.05, 3.63) is 10.9 Å². The highest BCUT2D eigenvalue weighted by molar-refractivity contribution is 6.30. The van der Waals surface area contributed by atoms with Gasteiger partial charge in [-0.3, -0.25) is 4.99 Å². The fourth-order valence-electron chi connectivity index (χ4n) is 0.785. The molecule has 4 heteroatoms. The van der Waals surface area contributed by atoms with Gasteiger partial charge in [-0.1, -0.05) is 25.4 Å². The molecule has 62 valence electrons. The molecule has 1 aliphatic rings. The van der Waals surface area contributed by atoms with Crippen LogP contribution in [-0.4, -0.2) is 17.5 Å². The summed E-state index contributed by atoms with van der Waals surface area (Å²) in [4.78, 5) is 4.12. The zero-order valence-corrected chi connectivity index (χ0v) is 7.31. The molecule has 11 heavy (non-hydrogen) atoms. The van der Waals surface area contributed by atoms with Crippen LogP contribution < -0.4 is 5.32 Å². The summed E-state index contributed by atoms with van der Waals surface area (Å²) < 4.78 is 0. The Morgan fingerprint density at radius 2 is 2.27 bits per heavy atom. The highest BCUT2D eigenvalue weighted by Gasteiger charge is 2.13. The first-order valence-corrected chi connectivity index (χ1v) is 3.88. The van der Waals surface area contributed by atoms with Crippen LogP contribution in [0.4, 0.5) is 0 Å². The molecular weight excluding hydrogens is 164 g/mol. The lowest BCUT2D eigenvalue weighted by Gasteiger charge is -2.17. The van der Waals surface area contributed by atoms with E-state index in [2.05, 4.69) is 10.3 Å². The topological polar surface area (TPSA) is 44.6 Å². The van der Waals surface area contributed by atoms with Gasteiger partial charge in [-0.2, -0.15) is 0 Å². The SMILES string of the molecule is CC(C)C1=NCC(Cl)=C(O)N1. The van der Waals surface area contributed by atoms with Crippen molar-refractivity contribution in [2.24, 2.45) is 10.9 Å². The van der Waals surface area contributed by atoms with Crippen molar-refractivity contribution < 1.29 is 5.11 Å². The molecule has 0 aromatic rings. The monoisotopic (exact) mass is 174 g/mol. The molecule has 1 rings (SSSR count). The number of halogens is 1.